The molecule has 15 nitrogen and oxygen atoms in total. The second-order valence-electron chi connectivity index (χ2n) is 15.9. The Morgan fingerprint density at radius 2 is 1.39 bits per heavy atom. The molecule has 0 radical (unpaired) electrons. The Morgan fingerprint density at radius 1 is 0.797 bits per heavy atom. The molecule has 2 aliphatic heterocycles. The van der Waals surface area contributed by atoms with Crippen molar-refractivity contribution in [2.45, 2.75) is 50.5 Å². The number of piperidine rings is 2. The van der Waals surface area contributed by atoms with Gasteiger partial charge in [-0.25, -0.2) is 14.4 Å². The highest BCUT2D eigenvalue weighted by atomic mass is 19.4. The van der Waals surface area contributed by atoms with Crippen LogP contribution in [0.2, 0.25) is 0 Å². The normalized spacial score (nSPS) is 15.0. The van der Waals surface area contributed by atoms with Crippen LogP contribution in [-0.2, 0) is 13.6 Å². The van der Waals surface area contributed by atoms with Crippen LogP contribution in [0.15, 0.2) is 76.6 Å². The fraction of sp³-hybridized carbons (Fsp3) is 0.311. The van der Waals surface area contributed by atoms with E-state index < -0.39 is 29.7 Å². The van der Waals surface area contributed by atoms with E-state index in [0.29, 0.717) is 90.5 Å². The zero-order valence-electron chi connectivity index (χ0n) is 34.8. The second kappa shape index (κ2) is 17.4. The van der Waals surface area contributed by atoms with E-state index in [1.807, 2.05) is 15.9 Å². The predicted molar refractivity (Wildman–Crippen MR) is 232 cm³/mol. The lowest BCUT2D eigenvalue weighted by Gasteiger charge is -2.32. The molecule has 0 unspecified atom stereocenters. The van der Waals surface area contributed by atoms with Crippen molar-refractivity contribution < 1.29 is 22.3 Å². The van der Waals surface area contributed by atoms with E-state index in [0.717, 1.165) is 12.3 Å². The number of benzene rings is 3. The molecule has 0 atom stereocenters. The molecule has 8 rings (SSSR count). The summed E-state index contributed by atoms with van der Waals surface area (Å²) in [5.74, 6) is 0.0811. The molecule has 3 aromatic heterocycles. The standard InChI is InChI=1S/C45H42F4N12O3/c1-58-42(63)38(30-22-54-61(23-30)24-45(47,48)49)40(56-44(58)60-15-11-32(53)12-16-60)26-3-5-28(20-50)33(18-26)34-17-25(7-8-36(34)64-2)37-39(27-4-6-29(21-51)35(46)19-27)55-43(57-41(37)62)59-13-9-31(52)10-14-59/h3-8,17-19,22-23,31-32H,9-16,24,52-53H2,1-2H3,(H,55,57,62). The number of ether oxygens (including phenoxy) is 1. The van der Waals surface area contributed by atoms with E-state index in [1.165, 1.54) is 36.1 Å². The number of hydrogen-bond donors (Lipinski definition) is 3. The lowest BCUT2D eigenvalue weighted by molar-refractivity contribution is -0.142. The third kappa shape index (κ3) is 8.55. The van der Waals surface area contributed by atoms with E-state index in [1.54, 1.807) is 37.4 Å². The lowest BCUT2D eigenvalue weighted by atomic mass is 9.91. The number of methoxy groups -OCH3 is 1. The molecule has 0 aliphatic carbocycles. The van der Waals surface area contributed by atoms with Crippen LogP contribution in [0.1, 0.15) is 36.8 Å². The molecule has 0 bridgehead atoms. The summed E-state index contributed by atoms with van der Waals surface area (Å²) in [6.45, 7) is 0.682. The number of halogens is 4. The van der Waals surface area contributed by atoms with Crippen molar-refractivity contribution in [1.82, 2.24) is 29.3 Å². The van der Waals surface area contributed by atoms with Crippen molar-refractivity contribution in [3.8, 4) is 73.8 Å². The number of nitrogens with one attached hydrogen (secondary N) is 1. The summed E-state index contributed by atoms with van der Waals surface area (Å²) in [6.07, 6.45) is 0.360. The summed E-state index contributed by atoms with van der Waals surface area (Å²) < 4.78 is 63.4. The molecule has 2 fully saturated rings. The van der Waals surface area contributed by atoms with Gasteiger partial charge in [-0.1, -0.05) is 18.2 Å². The van der Waals surface area contributed by atoms with Gasteiger partial charge in [-0.15, -0.1) is 0 Å². The van der Waals surface area contributed by atoms with Gasteiger partial charge in [0.2, 0.25) is 11.9 Å². The minimum absolute atomic E-state index is 0.00284. The second-order valence-corrected chi connectivity index (χ2v) is 15.9. The van der Waals surface area contributed by atoms with Crippen LogP contribution in [0.4, 0.5) is 29.5 Å². The highest BCUT2D eigenvalue weighted by Crippen LogP contribution is 2.41. The number of alkyl halides is 3. The molecule has 5 N–H and O–H groups in total. The first-order valence-corrected chi connectivity index (χ1v) is 20.5. The first kappa shape index (κ1) is 43.3. The van der Waals surface area contributed by atoms with Crippen molar-refractivity contribution in [1.29, 1.82) is 10.5 Å². The number of nitriles is 2. The van der Waals surface area contributed by atoms with Crippen LogP contribution in [0.25, 0.3) is 55.9 Å². The third-order valence-corrected chi connectivity index (χ3v) is 11.7. The Labute approximate surface area is 363 Å². The van der Waals surface area contributed by atoms with Crippen LogP contribution >= 0.6 is 0 Å². The Morgan fingerprint density at radius 3 is 2.02 bits per heavy atom. The van der Waals surface area contributed by atoms with Gasteiger partial charge >= 0.3 is 6.18 Å². The maximum Gasteiger partial charge on any atom is 0.408 e. The highest BCUT2D eigenvalue weighted by molar-refractivity contribution is 5.89. The van der Waals surface area contributed by atoms with Crippen molar-refractivity contribution >= 4 is 11.9 Å². The average molecular weight is 875 g/mol. The maximum atomic E-state index is 15.2. The zero-order valence-corrected chi connectivity index (χ0v) is 34.8. The molecule has 5 heterocycles. The molecule has 0 saturated carbocycles. The van der Waals surface area contributed by atoms with Crippen LogP contribution in [-0.4, -0.2) is 80.8 Å². The van der Waals surface area contributed by atoms with Gasteiger partial charge in [-0.05, 0) is 67.6 Å². The minimum Gasteiger partial charge on any atom is -0.496 e. The number of H-pyrrole nitrogens is 1. The van der Waals surface area contributed by atoms with Gasteiger partial charge < -0.3 is 26.0 Å². The topological polar surface area (TPSA) is 214 Å². The first-order chi connectivity index (χ1) is 30.7. The van der Waals surface area contributed by atoms with Crippen LogP contribution in [0.5, 0.6) is 5.75 Å². The number of nitrogens with zero attached hydrogens (tertiary/aromatic N) is 9. The van der Waals surface area contributed by atoms with E-state index in [9.17, 15) is 33.3 Å². The highest BCUT2D eigenvalue weighted by Gasteiger charge is 2.30. The molecule has 19 heteroatoms. The summed E-state index contributed by atoms with van der Waals surface area (Å²) in [5.41, 5.74) is 13.2. The Kier molecular flexibility index (Phi) is 11.8. The van der Waals surface area contributed by atoms with Crippen molar-refractivity contribution in [2.24, 2.45) is 18.5 Å². The van der Waals surface area contributed by atoms with E-state index in [4.69, 9.17) is 26.2 Å². The molecular weight excluding hydrogens is 833 g/mol. The Hall–Kier alpha value is -7.35. The van der Waals surface area contributed by atoms with Gasteiger partial charge in [0.25, 0.3) is 11.1 Å². The number of nitrogens with two attached hydrogens (primary N) is 2. The van der Waals surface area contributed by atoms with Gasteiger partial charge in [0.05, 0.1) is 53.0 Å². The Balaban J connectivity index is 1.32. The zero-order chi connectivity index (χ0) is 45.4. The maximum absolute atomic E-state index is 15.2. The van der Waals surface area contributed by atoms with Crippen LogP contribution in [0.3, 0.4) is 0 Å². The minimum atomic E-state index is -4.58. The van der Waals surface area contributed by atoms with Crippen LogP contribution < -0.4 is 37.1 Å². The summed E-state index contributed by atoms with van der Waals surface area (Å²) in [6, 6.07) is 17.6. The van der Waals surface area contributed by atoms with Gasteiger partial charge in [0.1, 0.15) is 24.2 Å². The fourth-order valence-corrected chi connectivity index (χ4v) is 8.24. The van der Waals surface area contributed by atoms with Crippen molar-refractivity contribution in [3.63, 3.8) is 0 Å². The number of aromatic nitrogens is 6. The number of rotatable bonds is 9. The molecule has 0 spiro atoms. The molecule has 2 aliphatic rings. The van der Waals surface area contributed by atoms with Crippen molar-refractivity contribution in [2.75, 3.05) is 43.1 Å². The summed E-state index contributed by atoms with van der Waals surface area (Å²) in [4.78, 5) is 45.3. The van der Waals surface area contributed by atoms with Gasteiger partial charge in [-0.2, -0.15) is 28.8 Å². The molecule has 2 saturated heterocycles. The van der Waals surface area contributed by atoms with Crippen molar-refractivity contribution in [3.05, 3.63) is 105 Å². The molecular formula is C45H42F4N12O3. The quantitative estimate of drug-likeness (QED) is 0.149. The summed E-state index contributed by atoms with van der Waals surface area (Å²) >= 11 is 0. The smallest absolute Gasteiger partial charge is 0.408 e. The van der Waals surface area contributed by atoms with E-state index >= 15 is 4.39 Å². The third-order valence-electron chi connectivity index (χ3n) is 11.7. The van der Waals surface area contributed by atoms with Gasteiger partial charge in [0.15, 0.2) is 0 Å². The SMILES string of the molecule is COc1ccc(-c2c(-c3ccc(C#N)c(F)c3)nc(N3CCC(N)CC3)[nH]c2=O)cc1-c1cc(-c2nc(N3CCC(N)CC3)n(C)c(=O)c2-c2cnn(CC(F)(F)F)c2)ccc1C#N. The van der Waals surface area contributed by atoms with Gasteiger partial charge in [-0.3, -0.25) is 23.8 Å². The molecule has 6 aromatic rings. The number of hydrogen-bond acceptors (Lipinski definition) is 12. The summed E-state index contributed by atoms with van der Waals surface area (Å²) in [5, 5.41) is 23.9. The number of anilines is 2. The lowest BCUT2D eigenvalue weighted by Crippen LogP contribution is -2.42. The summed E-state index contributed by atoms with van der Waals surface area (Å²) in [7, 11) is 2.97. The molecule has 64 heavy (non-hydrogen) atoms. The average Bonchev–Trinajstić information content (AvgIpc) is 3.73. The first-order valence-electron chi connectivity index (χ1n) is 20.5. The largest absolute Gasteiger partial charge is 0.496 e. The van der Waals surface area contributed by atoms with Gasteiger partial charge in [0, 0.05) is 79.3 Å². The molecule has 0 amide bonds. The molecule has 3 aromatic carbocycles. The van der Waals surface area contributed by atoms with E-state index in [-0.39, 0.29) is 62.8 Å². The van der Waals surface area contributed by atoms with E-state index in [2.05, 4.69) is 16.2 Å². The fourth-order valence-electron chi connectivity index (χ4n) is 8.24. The monoisotopic (exact) mass is 874 g/mol. The number of aromatic amines is 1. The van der Waals surface area contributed by atoms with Crippen LogP contribution in [0, 0.1) is 28.5 Å². The molecule has 328 valence electrons. The Bertz CT molecular complexity index is 2970. The predicted octanol–water partition coefficient (Wildman–Crippen LogP) is 5.70.